The number of aromatic amines is 2. The lowest BCUT2D eigenvalue weighted by Crippen LogP contribution is -2.29. The van der Waals surface area contributed by atoms with Crippen molar-refractivity contribution < 1.29 is 9.53 Å². The summed E-state index contributed by atoms with van der Waals surface area (Å²) in [6.45, 7) is 0.489. The molecule has 2 aliphatic rings. The van der Waals surface area contributed by atoms with Gasteiger partial charge < -0.3 is 10.1 Å². The quantitative estimate of drug-likeness (QED) is 0.635. The zero-order valence-corrected chi connectivity index (χ0v) is 15.8. The molecular formula is C23H21N3O3. The largest absolute Gasteiger partial charge is 0.489 e. The fourth-order valence-corrected chi connectivity index (χ4v) is 4.20. The van der Waals surface area contributed by atoms with Crippen molar-refractivity contribution in [1.82, 2.24) is 10.2 Å². The van der Waals surface area contributed by atoms with Gasteiger partial charge in [0, 0.05) is 23.6 Å². The summed E-state index contributed by atoms with van der Waals surface area (Å²) in [4.78, 5) is 25.2. The number of hydrogen-bond acceptors (Lipinski definition) is 4. The number of ketones is 1. The van der Waals surface area contributed by atoms with E-state index in [1.54, 1.807) is 0 Å². The van der Waals surface area contributed by atoms with Crippen molar-refractivity contribution in [2.45, 2.75) is 31.8 Å². The number of allylic oxidation sites excluding steroid dienone is 2. The molecule has 29 heavy (non-hydrogen) atoms. The van der Waals surface area contributed by atoms with Crippen LogP contribution in [0.15, 0.2) is 70.7 Å². The van der Waals surface area contributed by atoms with Gasteiger partial charge in [-0.05, 0) is 36.1 Å². The fraction of sp³-hybridized carbons (Fsp3) is 0.217. The Hall–Kier alpha value is -3.54. The van der Waals surface area contributed by atoms with Gasteiger partial charge in [0.05, 0.1) is 5.56 Å². The molecule has 0 fully saturated rings. The standard InChI is InChI=1S/C23H21N3O3/c27-18-8-4-7-17-20(18)19(21-22(24-17)25-26-23(21)28)15-9-11-16(12-10-15)29-13-14-5-2-1-3-6-14/h1-3,5-6,9-12,19H,4,7-8,13H2,(H3,24,25,26,28). The number of anilines is 1. The number of Topliss-reactive ketones (excluding diaryl/α,β-unsaturated/α-hetero) is 1. The molecule has 0 saturated carbocycles. The third kappa shape index (κ3) is 3.16. The third-order valence-electron chi connectivity index (χ3n) is 5.59. The maximum Gasteiger partial charge on any atom is 0.270 e. The van der Waals surface area contributed by atoms with Gasteiger partial charge >= 0.3 is 0 Å². The molecule has 146 valence electrons. The van der Waals surface area contributed by atoms with Crippen LogP contribution in [-0.4, -0.2) is 16.0 Å². The summed E-state index contributed by atoms with van der Waals surface area (Å²) in [5.74, 6) is 1.14. The van der Waals surface area contributed by atoms with E-state index in [0.717, 1.165) is 35.4 Å². The Balaban J connectivity index is 1.47. The number of carbonyl (C=O) groups is 1. The summed E-state index contributed by atoms with van der Waals surface area (Å²) in [7, 11) is 0. The first-order valence-electron chi connectivity index (χ1n) is 9.81. The van der Waals surface area contributed by atoms with Crippen LogP contribution in [0.1, 0.15) is 41.9 Å². The van der Waals surface area contributed by atoms with Crippen molar-refractivity contribution in [1.29, 1.82) is 0 Å². The van der Waals surface area contributed by atoms with Gasteiger partial charge in [-0.1, -0.05) is 42.5 Å². The SMILES string of the molecule is O=C1CCCC2=C1C(c1ccc(OCc3ccccc3)cc1)c1c([nH][nH]c1=O)N2. The summed E-state index contributed by atoms with van der Waals surface area (Å²) in [5.41, 5.74) is 4.00. The van der Waals surface area contributed by atoms with E-state index in [2.05, 4.69) is 15.5 Å². The molecule has 1 aliphatic carbocycles. The topological polar surface area (TPSA) is 87.0 Å². The van der Waals surface area contributed by atoms with E-state index in [0.29, 0.717) is 30.0 Å². The number of fused-ring (bicyclic) bond motifs is 1. The molecule has 0 amide bonds. The molecule has 0 bridgehead atoms. The Labute approximate surface area is 167 Å². The molecule has 6 heteroatoms. The van der Waals surface area contributed by atoms with Crippen LogP contribution < -0.4 is 15.6 Å². The maximum absolute atomic E-state index is 12.7. The highest BCUT2D eigenvalue weighted by Gasteiger charge is 2.37. The molecule has 6 nitrogen and oxygen atoms in total. The van der Waals surface area contributed by atoms with Crippen LogP contribution in [0.5, 0.6) is 5.75 Å². The maximum atomic E-state index is 12.7. The molecule has 1 aromatic heterocycles. The summed E-state index contributed by atoms with van der Waals surface area (Å²) in [5, 5.41) is 8.80. The number of hydrogen-bond donors (Lipinski definition) is 3. The van der Waals surface area contributed by atoms with Crippen LogP contribution in [-0.2, 0) is 11.4 Å². The van der Waals surface area contributed by atoms with Crippen molar-refractivity contribution in [3.63, 3.8) is 0 Å². The van der Waals surface area contributed by atoms with Crippen molar-refractivity contribution in [2.24, 2.45) is 0 Å². The van der Waals surface area contributed by atoms with Crippen LogP contribution in [0.3, 0.4) is 0 Å². The summed E-state index contributed by atoms with van der Waals surface area (Å²) >= 11 is 0. The third-order valence-corrected chi connectivity index (χ3v) is 5.59. The Morgan fingerprint density at radius 3 is 2.52 bits per heavy atom. The fourth-order valence-electron chi connectivity index (χ4n) is 4.20. The summed E-state index contributed by atoms with van der Waals surface area (Å²) in [6.07, 6.45) is 2.16. The smallest absolute Gasteiger partial charge is 0.270 e. The number of H-pyrrole nitrogens is 2. The van der Waals surface area contributed by atoms with Gasteiger partial charge in [-0.15, -0.1) is 0 Å². The zero-order valence-electron chi connectivity index (χ0n) is 15.8. The molecule has 0 spiro atoms. The van der Waals surface area contributed by atoms with E-state index in [-0.39, 0.29) is 17.3 Å². The number of rotatable bonds is 4. The minimum atomic E-state index is -0.368. The van der Waals surface area contributed by atoms with Crippen LogP contribution in [0.2, 0.25) is 0 Å². The second kappa shape index (κ2) is 7.13. The van der Waals surface area contributed by atoms with E-state index in [1.807, 2.05) is 54.6 Å². The minimum absolute atomic E-state index is 0.111. The van der Waals surface area contributed by atoms with E-state index >= 15 is 0 Å². The lowest BCUT2D eigenvalue weighted by molar-refractivity contribution is -0.116. The van der Waals surface area contributed by atoms with Gasteiger partial charge in [-0.3, -0.25) is 19.8 Å². The van der Waals surface area contributed by atoms with E-state index in [1.165, 1.54) is 0 Å². The molecule has 0 radical (unpaired) electrons. The van der Waals surface area contributed by atoms with Crippen LogP contribution >= 0.6 is 0 Å². The van der Waals surface area contributed by atoms with Gasteiger partial charge in [0.15, 0.2) is 5.78 Å². The van der Waals surface area contributed by atoms with Gasteiger partial charge in [0.25, 0.3) is 5.56 Å². The molecule has 0 saturated heterocycles. The Bertz CT molecular complexity index is 1140. The molecule has 1 unspecified atom stereocenters. The van der Waals surface area contributed by atoms with Gasteiger partial charge in [-0.2, -0.15) is 0 Å². The monoisotopic (exact) mass is 387 g/mol. The summed E-state index contributed by atoms with van der Waals surface area (Å²) in [6, 6.07) is 17.7. The number of carbonyl (C=O) groups excluding carboxylic acids is 1. The van der Waals surface area contributed by atoms with E-state index < -0.39 is 0 Å². The Morgan fingerprint density at radius 1 is 0.931 bits per heavy atom. The first-order valence-corrected chi connectivity index (χ1v) is 9.81. The summed E-state index contributed by atoms with van der Waals surface area (Å²) < 4.78 is 5.87. The van der Waals surface area contributed by atoms with Crippen LogP contribution in [0.4, 0.5) is 5.82 Å². The second-order valence-corrected chi connectivity index (χ2v) is 7.44. The highest BCUT2D eigenvalue weighted by atomic mass is 16.5. The molecule has 2 heterocycles. The van der Waals surface area contributed by atoms with Crippen molar-refractivity contribution in [3.8, 4) is 5.75 Å². The lowest BCUT2D eigenvalue weighted by atomic mass is 9.77. The highest BCUT2D eigenvalue weighted by Crippen LogP contribution is 2.43. The lowest BCUT2D eigenvalue weighted by Gasteiger charge is -2.31. The second-order valence-electron chi connectivity index (χ2n) is 7.44. The molecule has 1 atom stereocenters. The Kier molecular flexibility index (Phi) is 4.31. The first kappa shape index (κ1) is 17.6. The van der Waals surface area contributed by atoms with E-state index in [9.17, 15) is 9.59 Å². The van der Waals surface area contributed by atoms with Crippen LogP contribution in [0, 0.1) is 0 Å². The Morgan fingerprint density at radius 2 is 1.72 bits per heavy atom. The predicted molar refractivity (Wildman–Crippen MR) is 110 cm³/mol. The minimum Gasteiger partial charge on any atom is -0.489 e. The number of nitrogens with one attached hydrogen (secondary N) is 3. The average Bonchev–Trinajstić information content (AvgIpc) is 3.13. The number of ether oxygens (including phenoxy) is 1. The molecular weight excluding hydrogens is 366 g/mol. The molecule has 3 aromatic rings. The average molecular weight is 387 g/mol. The number of aromatic nitrogens is 2. The van der Waals surface area contributed by atoms with Crippen molar-refractivity contribution >= 4 is 11.6 Å². The zero-order chi connectivity index (χ0) is 19.8. The molecule has 5 rings (SSSR count). The highest BCUT2D eigenvalue weighted by molar-refractivity contribution is 6.00. The van der Waals surface area contributed by atoms with Gasteiger partial charge in [-0.25, -0.2) is 0 Å². The van der Waals surface area contributed by atoms with Crippen molar-refractivity contribution in [3.05, 3.63) is 92.9 Å². The normalized spacial score (nSPS) is 18.1. The van der Waals surface area contributed by atoms with Gasteiger partial charge in [0.1, 0.15) is 18.2 Å². The number of benzene rings is 2. The molecule has 3 N–H and O–H groups in total. The molecule has 1 aliphatic heterocycles. The predicted octanol–water partition coefficient (Wildman–Crippen LogP) is 3.85. The van der Waals surface area contributed by atoms with Crippen molar-refractivity contribution in [2.75, 3.05) is 5.32 Å². The van der Waals surface area contributed by atoms with Crippen LogP contribution in [0.25, 0.3) is 0 Å². The first-order chi connectivity index (χ1) is 14.2. The molecule has 2 aromatic carbocycles. The van der Waals surface area contributed by atoms with E-state index in [4.69, 9.17) is 4.74 Å². The van der Waals surface area contributed by atoms with Gasteiger partial charge in [0.2, 0.25) is 0 Å².